The molecule has 33 heavy (non-hydrogen) atoms. The molecule has 2 heterocycles. The predicted molar refractivity (Wildman–Crippen MR) is 121 cm³/mol. The first-order chi connectivity index (χ1) is 15.8. The topological polar surface area (TPSA) is 69.7 Å². The molecule has 2 aromatic rings. The summed E-state index contributed by atoms with van der Waals surface area (Å²) in [5.74, 6) is -1.95. The minimum atomic E-state index is -3.74. The number of likely N-dealkylation sites (tertiary alicyclic amines) is 1. The van der Waals surface area contributed by atoms with Crippen LogP contribution in [0.4, 0.5) is 8.78 Å². The Morgan fingerprint density at radius 3 is 2.36 bits per heavy atom. The lowest BCUT2D eigenvalue weighted by Gasteiger charge is -2.36. The van der Waals surface area contributed by atoms with Crippen LogP contribution in [0.15, 0.2) is 53.4 Å². The van der Waals surface area contributed by atoms with Crippen LogP contribution in [0, 0.1) is 11.6 Å². The first-order valence-corrected chi connectivity index (χ1v) is 12.8. The van der Waals surface area contributed by atoms with Crippen LogP contribution in [-0.4, -0.2) is 55.2 Å². The first-order valence-electron chi connectivity index (χ1n) is 11.4. The molecule has 178 valence electrons. The molecular formula is C24H29F2N3O3S. The van der Waals surface area contributed by atoms with Gasteiger partial charge in [0.25, 0.3) is 0 Å². The van der Waals surface area contributed by atoms with Crippen LogP contribution < -0.4 is 5.32 Å². The van der Waals surface area contributed by atoms with Gasteiger partial charge >= 0.3 is 0 Å². The van der Waals surface area contributed by atoms with Crippen molar-refractivity contribution >= 4 is 15.9 Å². The molecule has 0 radical (unpaired) electrons. The van der Waals surface area contributed by atoms with Crippen molar-refractivity contribution in [2.75, 3.05) is 19.6 Å². The van der Waals surface area contributed by atoms with Gasteiger partial charge in [-0.1, -0.05) is 30.7 Å². The van der Waals surface area contributed by atoms with Gasteiger partial charge in [0, 0.05) is 32.2 Å². The highest BCUT2D eigenvalue weighted by atomic mass is 32.2. The van der Waals surface area contributed by atoms with Crippen molar-refractivity contribution in [1.29, 1.82) is 0 Å². The zero-order valence-corrected chi connectivity index (χ0v) is 19.2. The van der Waals surface area contributed by atoms with Gasteiger partial charge < -0.3 is 5.32 Å². The molecule has 1 amide bonds. The Hall–Kier alpha value is -2.36. The van der Waals surface area contributed by atoms with E-state index in [-0.39, 0.29) is 16.8 Å². The number of nitrogens with zero attached hydrogens (tertiary/aromatic N) is 2. The largest absolute Gasteiger partial charge is 0.352 e. The SMILES string of the molecule is O=C(NC1CCN(Cc2ccc(F)c(F)c2)CC1)C1CCCCN1S(=O)(=O)c1ccccc1. The average Bonchev–Trinajstić information content (AvgIpc) is 2.83. The molecule has 1 unspecified atom stereocenters. The van der Waals surface area contributed by atoms with Crippen LogP contribution in [0.3, 0.4) is 0 Å². The zero-order valence-electron chi connectivity index (χ0n) is 18.4. The van der Waals surface area contributed by atoms with Crippen molar-refractivity contribution in [2.24, 2.45) is 0 Å². The van der Waals surface area contributed by atoms with Crippen molar-refractivity contribution < 1.29 is 22.0 Å². The number of nitrogens with one attached hydrogen (secondary N) is 1. The maximum absolute atomic E-state index is 13.5. The van der Waals surface area contributed by atoms with Gasteiger partial charge in [0.2, 0.25) is 15.9 Å². The number of carbonyl (C=O) groups is 1. The third kappa shape index (κ3) is 5.59. The standard InChI is InChI=1S/C24H29F2N3O3S/c25-21-10-9-18(16-22(21)26)17-28-14-11-19(12-15-28)27-24(30)23-8-4-5-13-29(23)33(31,32)20-6-2-1-3-7-20/h1-3,6-7,9-10,16,19,23H,4-5,8,11-15,17H2,(H,27,30). The lowest BCUT2D eigenvalue weighted by Crippen LogP contribution is -2.55. The van der Waals surface area contributed by atoms with Gasteiger partial charge in [-0.15, -0.1) is 0 Å². The number of amides is 1. The number of benzene rings is 2. The molecule has 0 saturated carbocycles. The van der Waals surface area contributed by atoms with Crippen LogP contribution in [0.2, 0.25) is 0 Å². The highest BCUT2D eigenvalue weighted by Crippen LogP contribution is 2.26. The average molecular weight is 478 g/mol. The number of hydrogen-bond acceptors (Lipinski definition) is 4. The van der Waals surface area contributed by atoms with E-state index in [4.69, 9.17) is 0 Å². The highest BCUT2D eigenvalue weighted by Gasteiger charge is 2.38. The fraction of sp³-hybridized carbons (Fsp3) is 0.458. The number of piperidine rings is 2. The minimum Gasteiger partial charge on any atom is -0.352 e. The van der Waals surface area contributed by atoms with Gasteiger partial charge in [0.1, 0.15) is 6.04 Å². The Labute approximate surface area is 193 Å². The second-order valence-electron chi connectivity index (χ2n) is 8.75. The summed E-state index contributed by atoms with van der Waals surface area (Å²) >= 11 is 0. The summed E-state index contributed by atoms with van der Waals surface area (Å²) in [6, 6.07) is 11.4. The van der Waals surface area contributed by atoms with Gasteiger partial charge in [0.15, 0.2) is 11.6 Å². The van der Waals surface area contributed by atoms with Crippen molar-refractivity contribution in [3.8, 4) is 0 Å². The number of rotatable bonds is 6. The molecule has 6 nitrogen and oxygen atoms in total. The van der Waals surface area contributed by atoms with Crippen molar-refractivity contribution in [3.63, 3.8) is 0 Å². The van der Waals surface area contributed by atoms with E-state index in [0.29, 0.717) is 51.0 Å². The third-order valence-electron chi connectivity index (χ3n) is 6.43. The summed E-state index contributed by atoms with van der Waals surface area (Å²) in [6.07, 6.45) is 3.48. The Morgan fingerprint density at radius 2 is 1.67 bits per heavy atom. The first kappa shape index (κ1) is 23.8. The van der Waals surface area contributed by atoms with Gasteiger partial charge in [-0.25, -0.2) is 17.2 Å². The molecular weight excluding hydrogens is 448 g/mol. The van der Waals surface area contributed by atoms with E-state index in [1.807, 2.05) is 0 Å². The van der Waals surface area contributed by atoms with Gasteiger partial charge in [-0.3, -0.25) is 9.69 Å². The molecule has 0 spiro atoms. The third-order valence-corrected chi connectivity index (χ3v) is 8.35. The molecule has 2 aliphatic rings. The van der Waals surface area contributed by atoms with Crippen molar-refractivity contribution in [3.05, 3.63) is 65.7 Å². The van der Waals surface area contributed by atoms with E-state index < -0.39 is 27.7 Å². The molecule has 2 saturated heterocycles. The Kier molecular flexibility index (Phi) is 7.41. The number of carbonyl (C=O) groups excluding carboxylic acids is 1. The van der Waals surface area contributed by atoms with Crippen molar-refractivity contribution in [1.82, 2.24) is 14.5 Å². The normalized spacial score (nSPS) is 21.1. The number of halogens is 2. The molecule has 2 aliphatic heterocycles. The van der Waals surface area contributed by atoms with Crippen molar-refractivity contribution in [2.45, 2.75) is 55.6 Å². The maximum Gasteiger partial charge on any atom is 0.243 e. The Balaban J connectivity index is 1.34. The molecule has 4 rings (SSSR count). The molecule has 0 aliphatic carbocycles. The summed E-state index contributed by atoms with van der Waals surface area (Å²) in [6.45, 7) is 2.27. The summed E-state index contributed by atoms with van der Waals surface area (Å²) in [5, 5.41) is 3.06. The van der Waals surface area contributed by atoms with Crippen LogP contribution in [0.1, 0.15) is 37.7 Å². The molecule has 0 aromatic heterocycles. The van der Waals surface area contributed by atoms with E-state index in [9.17, 15) is 22.0 Å². The molecule has 2 fully saturated rings. The minimum absolute atomic E-state index is 0.0399. The number of hydrogen-bond donors (Lipinski definition) is 1. The second kappa shape index (κ2) is 10.3. The number of sulfonamides is 1. The van der Waals surface area contributed by atoms with Crippen LogP contribution in [-0.2, 0) is 21.4 Å². The second-order valence-corrected chi connectivity index (χ2v) is 10.6. The molecule has 2 aromatic carbocycles. The highest BCUT2D eigenvalue weighted by molar-refractivity contribution is 7.89. The fourth-order valence-corrected chi connectivity index (χ4v) is 6.29. The fourth-order valence-electron chi connectivity index (χ4n) is 4.61. The van der Waals surface area contributed by atoms with E-state index in [2.05, 4.69) is 10.2 Å². The van der Waals surface area contributed by atoms with Gasteiger partial charge in [-0.2, -0.15) is 4.31 Å². The lowest BCUT2D eigenvalue weighted by atomic mass is 10.0. The van der Waals surface area contributed by atoms with E-state index >= 15 is 0 Å². The lowest BCUT2D eigenvalue weighted by molar-refractivity contribution is -0.126. The summed E-state index contributed by atoms with van der Waals surface area (Å²) in [7, 11) is -3.74. The van der Waals surface area contributed by atoms with Crippen LogP contribution >= 0.6 is 0 Å². The molecule has 1 atom stereocenters. The van der Waals surface area contributed by atoms with Gasteiger partial charge in [0.05, 0.1) is 4.90 Å². The monoisotopic (exact) mass is 477 g/mol. The summed E-state index contributed by atoms with van der Waals surface area (Å²) in [4.78, 5) is 15.4. The summed E-state index contributed by atoms with van der Waals surface area (Å²) in [5.41, 5.74) is 0.709. The molecule has 1 N–H and O–H groups in total. The predicted octanol–water partition coefficient (Wildman–Crippen LogP) is 3.29. The van der Waals surface area contributed by atoms with E-state index in [1.54, 1.807) is 36.4 Å². The van der Waals surface area contributed by atoms with Crippen LogP contribution in [0.25, 0.3) is 0 Å². The van der Waals surface area contributed by atoms with Gasteiger partial charge in [-0.05, 0) is 55.5 Å². The Bertz CT molecular complexity index is 1070. The summed E-state index contributed by atoms with van der Waals surface area (Å²) < 4.78 is 54.2. The zero-order chi connectivity index (χ0) is 23.4. The molecule has 9 heteroatoms. The quantitative estimate of drug-likeness (QED) is 0.693. The Morgan fingerprint density at radius 1 is 0.939 bits per heavy atom. The van der Waals surface area contributed by atoms with E-state index in [1.165, 1.54) is 10.4 Å². The maximum atomic E-state index is 13.5. The smallest absolute Gasteiger partial charge is 0.243 e. The molecule has 0 bridgehead atoms. The van der Waals surface area contributed by atoms with E-state index in [0.717, 1.165) is 18.9 Å². The van der Waals surface area contributed by atoms with Crippen LogP contribution in [0.5, 0.6) is 0 Å².